The van der Waals surface area contributed by atoms with E-state index in [4.69, 9.17) is 0 Å². The van der Waals surface area contributed by atoms with E-state index in [9.17, 15) is 10.2 Å². The third-order valence-electron chi connectivity index (χ3n) is 3.73. The highest BCUT2D eigenvalue weighted by atomic mass is 16.3. The summed E-state index contributed by atoms with van der Waals surface area (Å²) in [5.41, 5.74) is 0.789. The smallest absolute Gasteiger partial charge is 0.0891 e. The summed E-state index contributed by atoms with van der Waals surface area (Å²) in [4.78, 5) is 0. The van der Waals surface area contributed by atoms with Gasteiger partial charge in [-0.3, -0.25) is 0 Å². The highest BCUT2D eigenvalue weighted by molar-refractivity contribution is 5.30. The summed E-state index contributed by atoms with van der Waals surface area (Å²) in [6, 6.07) is 7.70. The zero-order valence-corrected chi connectivity index (χ0v) is 12.2. The maximum atomic E-state index is 10.5. The lowest BCUT2D eigenvalue weighted by Crippen LogP contribution is -2.24. The van der Waals surface area contributed by atoms with Crippen LogP contribution in [0.4, 0.5) is 0 Å². The molecule has 0 heterocycles. The molecule has 0 aliphatic heterocycles. The summed E-state index contributed by atoms with van der Waals surface area (Å²) in [6.07, 6.45) is 0.840. The summed E-state index contributed by atoms with van der Waals surface area (Å²) in [6.45, 7) is 10.00. The topological polar surface area (TPSA) is 40.5 Å². The Hall–Kier alpha value is -0.860. The highest BCUT2D eigenvalue weighted by Crippen LogP contribution is 2.35. The lowest BCUT2D eigenvalue weighted by Gasteiger charge is -2.29. The van der Waals surface area contributed by atoms with Gasteiger partial charge in [-0.15, -0.1) is 0 Å². The predicted octanol–water partition coefficient (Wildman–Crippen LogP) is 3.77. The normalized spacial score (nSPS) is 14.6. The van der Waals surface area contributed by atoms with Gasteiger partial charge in [0.15, 0.2) is 0 Å². The Morgan fingerprint density at radius 1 is 1.11 bits per heavy atom. The Bertz CT molecular complexity index is 386. The van der Waals surface area contributed by atoms with Crippen LogP contribution >= 0.6 is 0 Å². The molecule has 0 aliphatic rings. The van der Waals surface area contributed by atoms with Gasteiger partial charge in [-0.2, -0.15) is 0 Å². The first-order chi connectivity index (χ1) is 8.24. The van der Waals surface area contributed by atoms with Crippen molar-refractivity contribution in [1.82, 2.24) is 0 Å². The first-order valence-electron chi connectivity index (χ1n) is 6.75. The van der Waals surface area contributed by atoms with Gasteiger partial charge in [0.1, 0.15) is 0 Å². The van der Waals surface area contributed by atoms with E-state index in [1.54, 1.807) is 0 Å². The van der Waals surface area contributed by atoms with Gasteiger partial charge in [0.2, 0.25) is 0 Å². The van der Waals surface area contributed by atoms with E-state index < -0.39 is 11.7 Å². The second-order valence-electron chi connectivity index (χ2n) is 6.13. The maximum absolute atomic E-state index is 10.5. The lowest BCUT2D eigenvalue weighted by molar-refractivity contribution is 0.0273. The van der Waals surface area contributed by atoms with Crippen molar-refractivity contribution in [2.45, 2.75) is 59.2 Å². The van der Waals surface area contributed by atoms with Gasteiger partial charge in [0.25, 0.3) is 0 Å². The summed E-state index contributed by atoms with van der Waals surface area (Å²) < 4.78 is 0. The molecule has 0 saturated heterocycles. The van der Waals surface area contributed by atoms with Gasteiger partial charge >= 0.3 is 0 Å². The van der Waals surface area contributed by atoms with Crippen LogP contribution in [0.1, 0.15) is 64.7 Å². The Balaban J connectivity index is 3.14. The van der Waals surface area contributed by atoms with E-state index in [0.717, 1.165) is 11.1 Å². The molecular weight excluding hydrogens is 224 g/mol. The Morgan fingerprint density at radius 2 is 1.67 bits per heavy atom. The molecule has 1 aromatic rings. The van der Waals surface area contributed by atoms with E-state index >= 15 is 0 Å². The van der Waals surface area contributed by atoms with E-state index in [-0.39, 0.29) is 5.41 Å². The zero-order chi connectivity index (χ0) is 14.0. The lowest BCUT2D eigenvalue weighted by atomic mass is 9.82. The molecule has 18 heavy (non-hydrogen) atoms. The van der Waals surface area contributed by atoms with E-state index in [0.29, 0.717) is 12.8 Å². The number of aliphatic hydroxyl groups is 2. The van der Waals surface area contributed by atoms with Crippen molar-refractivity contribution in [2.24, 2.45) is 5.41 Å². The standard InChI is InChI=1S/C16H26O2/c1-6-16(18,7-2)13-10-8-9-12(11-13)14(17)15(3,4)5/h8-11,14,17-18H,6-7H2,1-5H3. The SMILES string of the molecule is CCC(O)(CC)c1cccc(C(O)C(C)(C)C)c1. The van der Waals surface area contributed by atoms with Crippen LogP contribution in [0.3, 0.4) is 0 Å². The third-order valence-corrected chi connectivity index (χ3v) is 3.73. The molecular formula is C16H26O2. The molecule has 1 unspecified atom stereocenters. The monoisotopic (exact) mass is 250 g/mol. The molecule has 0 amide bonds. The second-order valence-corrected chi connectivity index (χ2v) is 6.13. The molecule has 0 saturated carbocycles. The van der Waals surface area contributed by atoms with Gasteiger partial charge in [0.05, 0.1) is 11.7 Å². The fourth-order valence-electron chi connectivity index (χ4n) is 2.16. The van der Waals surface area contributed by atoms with E-state index in [1.165, 1.54) is 0 Å². The van der Waals surface area contributed by atoms with Crippen molar-refractivity contribution in [3.63, 3.8) is 0 Å². The van der Waals surface area contributed by atoms with Crippen LogP contribution in [0.15, 0.2) is 24.3 Å². The fourth-order valence-corrected chi connectivity index (χ4v) is 2.16. The minimum absolute atomic E-state index is 0.199. The average molecular weight is 250 g/mol. The van der Waals surface area contributed by atoms with Crippen LogP contribution in [-0.4, -0.2) is 10.2 Å². The van der Waals surface area contributed by atoms with Crippen LogP contribution < -0.4 is 0 Å². The summed E-state index contributed by atoms with van der Waals surface area (Å²) >= 11 is 0. The van der Waals surface area contributed by atoms with Crippen molar-refractivity contribution >= 4 is 0 Å². The van der Waals surface area contributed by atoms with Crippen molar-refractivity contribution in [1.29, 1.82) is 0 Å². The molecule has 0 aromatic heterocycles. The molecule has 0 spiro atoms. The number of hydrogen-bond donors (Lipinski definition) is 2. The Morgan fingerprint density at radius 3 is 2.11 bits per heavy atom. The summed E-state index contributed by atoms with van der Waals surface area (Å²) in [5.74, 6) is 0. The largest absolute Gasteiger partial charge is 0.388 e. The van der Waals surface area contributed by atoms with Crippen LogP contribution in [0.5, 0.6) is 0 Å². The maximum Gasteiger partial charge on any atom is 0.0891 e. The Kier molecular flexibility index (Phi) is 4.57. The van der Waals surface area contributed by atoms with Crippen molar-refractivity contribution in [3.8, 4) is 0 Å². The highest BCUT2D eigenvalue weighted by Gasteiger charge is 2.28. The molecule has 0 fully saturated rings. The number of hydrogen-bond acceptors (Lipinski definition) is 2. The second kappa shape index (κ2) is 5.41. The number of rotatable bonds is 4. The van der Waals surface area contributed by atoms with Gasteiger partial charge in [0, 0.05) is 0 Å². The molecule has 2 heteroatoms. The molecule has 1 atom stereocenters. The van der Waals surface area contributed by atoms with Gasteiger partial charge < -0.3 is 10.2 Å². The molecule has 0 radical (unpaired) electrons. The third kappa shape index (κ3) is 3.12. The molecule has 1 rings (SSSR count). The van der Waals surface area contributed by atoms with Crippen molar-refractivity contribution in [2.75, 3.05) is 0 Å². The first-order valence-corrected chi connectivity index (χ1v) is 6.75. The molecule has 102 valence electrons. The summed E-state index contributed by atoms with van der Waals surface area (Å²) in [7, 11) is 0. The van der Waals surface area contributed by atoms with E-state index in [2.05, 4.69) is 0 Å². The van der Waals surface area contributed by atoms with Gasteiger partial charge in [-0.25, -0.2) is 0 Å². The minimum atomic E-state index is -0.784. The van der Waals surface area contributed by atoms with Crippen LogP contribution in [0.25, 0.3) is 0 Å². The van der Waals surface area contributed by atoms with Gasteiger partial charge in [-0.05, 0) is 29.4 Å². The number of aliphatic hydroxyl groups excluding tert-OH is 1. The average Bonchev–Trinajstić information content (AvgIpc) is 2.36. The van der Waals surface area contributed by atoms with Crippen molar-refractivity contribution in [3.05, 3.63) is 35.4 Å². The molecule has 2 N–H and O–H groups in total. The fraction of sp³-hybridized carbons (Fsp3) is 0.625. The molecule has 1 aromatic carbocycles. The van der Waals surface area contributed by atoms with Crippen LogP contribution in [0.2, 0.25) is 0 Å². The molecule has 2 nitrogen and oxygen atoms in total. The zero-order valence-electron chi connectivity index (χ0n) is 12.2. The first kappa shape index (κ1) is 15.2. The minimum Gasteiger partial charge on any atom is -0.388 e. The van der Waals surface area contributed by atoms with E-state index in [1.807, 2.05) is 58.9 Å². The molecule has 0 bridgehead atoms. The number of benzene rings is 1. The van der Waals surface area contributed by atoms with Crippen molar-refractivity contribution < 1.29 is 10.2 Å². The Labute approximate surface area is 111 Å². The molecule has 0 aliphatic carbocycles. The van der Waals surface area contributed by atoms with Gasteiger partial charge in [-0.1, -0.05) is 58.9 Å². The summed E-state index contributed by atoms with van der Waals surface area (Å²) in [5, 5.41) is 20.8. The predicted molar refractivity (Wildman–Crippen MR) is 75.3 cm³/mol. The van der Waals surface area contributed by atoms with Crippen LogP contribution in [0, 0.1) is 5.41 Å². The quantitative estimate of drug-likeness (QED) is 0.854. The van der Waals surface area contributed by atoms with Crippen LogP contribution in [-0.2, 0) is 5.60 Å².